The summed E-state index contributed by atoms with van der Waals surface area (Å²) in [7, 11) is 0. The number of benzene rings is 1. The van der Waals surface area contributed by atoms with E-state index in [1.807, 2.05) is 66.2 Å². The molecule has 0 radical (unpaired) electrons. The molecular weight excluding hydrogens is 494 g/mol. The minimum atomic E-state index is -0.135. The molecule has 0 unspecified atom stereocenters. The summed E-state index contributed by atoms with van der Waals surface area (Å²) in [5, 5.41) is 19.2. The van der Waals surface area contributed by atoms with E-state index in [0.29, 0.717) is 18.9 Å². The van der Waals surface area contributed by atoms with Gasteiger partial charge in [-0.15, -0.1) is 0 Å². The molecular formula is C27H29N11O. The summed E-state index contributed by atoms with van der Waals surface area (Å²) in [6.07, 6.45) is 10.5. The zero-order valence-electron chi connectivity index (χ0n) is 21.7. The van der Waals surface area contributed by atoms with Gasteiger partial charge in [0, 0.05) is 48.3 Å². The molecule has 198 valence electrons. The molecule has 5 heterocycles. The standard InChI is InChI=1S/C27H29N11O/c1-17-14-37(20-8-10-36(11-9-20)27(39)25-29-16-31-35-25)26-23(17)24(28)34-30-13-22(18(2)33-26)19-12-32-38(15-19)21-6-4-3-5-7-21/h3-7,12-16,20,34H,8-11,28H2,1-2H3,(H,29,31,35). The highest BCUT2D eigenvalue weighted by molar-refractivity contribution is 5.90. The van der Waals surface area contributed by atoms with Crippen LogP contribution in [0.3, 0.4) is 0 Å². The van der Waals surface area contributed by atoms with Crippen molar-refractivity contribution in [2.75, 3.05) is 18.8 Å². The van der Waals surface area contributed by atoms with Crippen LogP contribution in [0, 0.1) is 13.8 Å². The minimum Gasteiger partial charge on any atom is -0.384 e. The number of nitrogens with zero attached hydrogens (tertiary/aromatic N) is 8. The molecule has 1 aliphatic heterocycles. The fraction of sp³-hybridized carbons (Fsp3) is 0.259. The zero-order valence-corrected chi connectivity index (χ0v) is 21.7. The molecule has 1 amide bonds. The Balaban J connectivity index is 1.37. The molecule has 1 saturated heterocycles. The second-order valence-corrected chi connectivity index (χ2v) is 9.68. The lowest BCUT2D eigenvalue weighted by molar-refractivity contribution is 0.0684. The van der Waals surface area contributed by atoms with Crippen molar-refractivity contribution in [3.8, 4) is 16.8 Å². The highest BCUT2D eigenvalue weighted by Gasteiger charge is 2.27. The number of rotatable bonds is 4. The minimum absolute atomic E-state index is 0.135. The SMILES string of the molecule is Cc1nc2c(c(C)cn2C2CCN(C(=O)c3ncn[nH]3)CC2)c(N)[nH]ncc1-c1cnn(-c2ccccc2)c1. The van der Waals surface area contributed by atoms with Gasteiger partial charge in [0.25, 0.3) is 5.91 Å². The molecule has 12 heteroatoms. The normalized spacial score (nSPS) is 14.1. The molecule has 6 rings (SSSR count). The van der Waals surface area contributed by atoms with Crippen LogP contribution in [0.5, 0.6) is 0 Å². The molecule has 4 aromatic heterocycles. The molecule has 0 spiro atoms. The number of nitrogen functional groups attached to an aromatic ring is 1. The fourth-order valence-corrected chi connectivity index (χ4v) is 5.17. The first-order chi connectivity index (χ1) is 19.0. The molecule has 12 nitrogen and oxygen atoms in total. The molecule has 0 bridgehead atoms. The average molecular weight is 524 g/mol. The number of aromatic amines is 2. The predicted molar refractivity (Wildman–Crippen MR) is 147 cm³/mol. The van der Waals surface area contributed by atoms with Crippen molar-refractivity contribution in [1.29, 1.82) is 0 Å². The summed E-state index contributed by atoms with van der Waals surface area (Å²) < 4.78 is 4.02. The van der Waals surface area contributed by atoms with E-state index in [-0.39, 0.29) is 17.8 Å². The highest BCUT2D eigenvalue weighted by atomic mass is 16.2. The van der Waals surface area contributed by atoms with Crippen LogP contribution in [0.4, 0.5) is 5.82 Å². The first kappa shape index (κ1) is 24.3. The van der Waals surface area contributed by atoms with E-state index in [4.69, 9.17) is 10.7 Å². The predicted octanol–water partition coefficient (Wildman–Crippen LogP) is 3.53. The Morgan fingerprint density at radius 2 is 1.82 bits per heavy atom. The maximum absolute atomic E-state index is 12.7. The number of para-hydroxylation sites is 1. The number of fused-ring (bicyclic) bond motifs is 1. The second-order valence-electron chi connectivity index (χ2n) is 9.68. The van der Waals surface area contributed by atoms with E-state index < -0.39 is 0 Å². The summed E-state index contributed by atoms with van der Waals surface area (Å²) >= 11 is 0. The van der Waals surface area contributed by atoms with Gasteiger partial charge < -0.3 is 15.2 Å². The van der Waals surface area contributed by atoms with Crippen LogP contribution in [-0.2, 0) is 0 Å². The maximum atomic E-state index is 12.7. The molecule has 1 aliphatic rings. The number of aromatic nitrogens is 9. The van der Waals surface area contributed by atoms with Gasteiger partial charge in [0.05, 0.1) is 23.5 Å². The van der Waals surface area contributed by atoms with Gasteiger partial charge in [0.15, 0.2) is 0 Å². The maximum Gasteiger partial charge on any atom is 0.291 e. The molecule has 1 aromatic carbocycles. The van der Waals surface area contributed by atoms with Gasteiger partial charge >= 0.3 is 0 Å². The topological polar surface area (TPSA) is 152 Å². The largest absolute Gasteiger partial charge is 0.384 e. The summed E-state index contributed by atoms with van der Waals surface area (Å²) in [5.41, 5.74) is 11.7. The first-order valence-electron chi connectivity index (χ1n) is 12.8. The van der Waals surface area contributed by atoms with Gasteiger partial charge in [0.1, 0.15) is 17.8 Å². The van der Waals surface area contributed by atoms with Gasteiger partial charge in [-0.2, -0.15) is 15.3 Å². The Hall–Kier alpha value is -5.00. The third-order valence-electron chi connectivity index (χ3n) is 7.18. The number of likely N-dealkylation sites (tertiary alicyclic amines) is 1. The quantitative estimate of drug-likeness (QED) is 0.326. The number of hydrogen-bond donors (Lipinski definition) is 3. The number of carbonyl (C=O) groups is 1. The number of piperidine rings is 1. The van der Waals surface area contributed by atoms with Gasteiger partial charge in [-0.1, -0.05) is 18.2 Å². The zero-order chi connectivity index (χ0) is 26.9. The third-order valence-corrected chi connectivity index (χ3v) is 7.18. The molecule has 0 aliphatic carbocycles. The van der Waals surface area contributed by atoms with Crippen LogP contribution in [0.15, 0.2) is 61.4 Å². The highest BCUT2D eigenvalue weighted by Crippen LogP contribution is 2.31. The molecule has 5 aromatic rings. The van der Waals surface area contributed by atoms with Gasteiger partial charge in [-0.3, -0.25) is 15.0 Å². The first-order valence-corrected chi connectivity index (χ1v) is 12.8. The number of carbonyl (C=O) groups excluding carboxylic acids is 1. The summed E-state index contributed by atoms with van der Waals surface area (Å²) in [6, 6.07) is 10.1. The Labute approximate surface area is 224 Å². The van der Waals surface area contributed by atoms with Crippen LogP contribution in [0.2, 0.25) is 0 Å². The van der Waals surface area contributed by atoms with Crippen molar-refractivity contribution < 1.29 is 4.79 Å². The van der Waals surface area contributed by atoms with Crippen LogP contribution < -0.4 is 5.73 Å². The number of nitrogens with two attached hydrogens (primary N) is 1. The smallest absolute Gasteiger partial charge is 0.291 e. The summed E-state index contributed by atoms with van der Waals surface area (Å²) in [5.74, 6) is 0.566. The Morgan fingerprint density at radius 3 is 2.56 bits per heavy atom. The van der Waals surface area contributed by atoms with Gasteiger partial charge in [-0.25, -0.2) is 14.6 Å². The Bertz CT molecular complexity index is 1670. The molecule has 1 fully saturated rings. The summed E-state index contributed by atoms with van der Waals surface area (Å²) in [6.45, 7) is 5.20. The van der Waals surface area contributed by atoms with E-state index in [1.165, 1.54) is 6.33 Å². The number of nitrogens with one attached hydrogen (secondary N) is 2. The monoisotopic (exact) mass is 523 g/mol. The number of anilines is 1. The van der Waals surface area contributed by atoms with Crippen LogP contribution in [0.25, 0.3) is 27.8 Å². The average Bonchev–Trinajstić information content (AvgIpc) is 3.72. The van der Waals surface area contributed by atoms with Crippen molar-refractivity contribution in [2.45, 2.75) is 32.7 Å². The third kappa shape index (κ3) is 4.60. The Kier molecular flexibility index (Phi) is 6.27. The Morgan fingerprint density at radius 1 is 1.03 bits per heavy atom. The van der Waals surface area contributed by atoms with Gasteiger partial charge in [0.2, 0.25) is 5.82 Å². The lowest BCUT2D eigenvalue weighted by Gasteiger charge is -2.32. The van der Waals surface area contributed by atoms with E-state index >= 15 is 0 Å². The molecule has 0 saturated carbocycles. The number of aryl methyl sites for hydroxylation is 2. The number of hydrogen-bond acceptors (Lipinski definition) is 7. The lowest BCUT2D eigenvalue weighted by atomic mass is 10.0. The summed E-state index contributed by atoms with van der Waals surface area (Å²) in [4.78, 5) is 23.6. The molecule has 0 atom stereocenters. The number of H-pyrrole nitrogens is 2. The van der Waals surface area contributed by atoms with E-state index in [2.05, 4.69) is 41.2 Å². The van der Waals surface area contributed by atoms with E-state index in [1.54, 1.807) is 6.20 Å². The van der Waals surface area contributed by atoms with Crippen LogP contribution in [0.1, 0.15) is 40.8 Å². The van der Waals surface area contributed by atoms with Crippen molar-refractivity contribution in [1.82, 2.24) is 49.6 Å². The van der Waals surface area contributed by atoms with Gasteiger partial charge in [-0.05, 0) is 44.4 Å². The van der Waals surface area contributed by atoms with Crippen molar-refractivity contribution in [3.05, 3.63) is 78.5 Å². The van der Waals surface area contributed by atoms with Crippen molar-refractivity contribution in [2.24, 2.45) is 0 Å². The number of amides is 1. The van der Waals surface area contributed by atoms with E-state index in [9.17, 15) is 4.79 Å². The van der Waals surface area contributed by atoms with E-state index in [0.717, 1.165) is 51.9 Å². The van der Waals surface area contributed by atoms with Crippen molar-refractivity contribution in [3.63, 3.8) is 0 Å². The van der Waals surface area contributed by atoms with Crippen LogP contribution >= 0.6 is 0 Å². The fourth-order valence-electron chi connectivity index (χ4n) is 5.17. The van der Waals surface area contributed by atoms with Crippen LogP contribution in [-0.4, -0.2) is 68.6 Å². The molecule has 39 heavy (non-hydrogen) atoms. The molecule has 4 N–H and O–H groups in total. The van der Waals surface area contributed by atoms with Crippen molar-refractivity contribution >= 4 is 22.8 Å². The lowest BCUT2D eigenvalue weighted by Crippen LogP contribution is -2.39. The second kappa shape index (κ2) is 10.0.